The first kappa shape index (κ1) is 21.5. The third-order valence-electron chi connectivity index (χ3n) is 5.07. The molecule has 154 valence electrons. The molecule has 0 aromatic heterocycles. The van der Waals surface area contributed by atoms with E-state index in [2.05, 4.69) is 15.5 Å². The van der Waals surface area contributed by atoms with Crippen molar-refractivity contribution in [1.82, 2.24) is 5.32 Å². The first-order chi connectivity index (χ1) is 13.5. The summed E-state index contributed by atoms with van der Waals surface area (Å²) in [6.45, 7) is 7.61. The number of thioether (sulfide) groups is 1. The average Bonchev–Trinajstić information content (AvgIpc) is 3.04. The van der Waals surface area contributed by atoms with Crippen LogP contribution in [0.1, 0.15) is 39.7 Å². The molecule has 0 aliphatic carbocycles. The second-order valence-corrected chi connectivity index (χ2v) is 8.87. The van der Waals surface area contributed by atoms with Gasteiger partial charge in [-0.1, -0.05) is 23.9 Å². The number of carbonyl (C=O) groups excluding carboxylic acids is 1. The first-order valence-corrected chi connectivity index (χ1v) is 9.82. The molecule has 1 unspecified atom stereocenters. The number of halogens is 1. The molecular weight excluding hydrogens is 400 g/mol. The zero-order valence-corrected chi connectivity index (χ0v) is 17.2. The van der Waals surface area contributed by atoms with Crippen LogP contribution in [0.15, 0.2) is 28.4 Å². The van der Waals surface area contributed by atoms with Gasteiger partial charge in [-0.3, -0.25) is 9.59 Å². The van der Waals surface area contributed by atoms with Gasteiger partial charge in [0.05, 0.1) is 23.8 Å². The van der Waals surface area contributed by atoms with Crippen LogP contribution in [0.5, 0.6) is 0 Å². The Morgan fingerprint density at radius 3 is 2.62 bits per heavy atom. The number of hydrogen-bond donors (Lipinski definition) is 2. The fourth-order valence-corrected chi connectivity index (χ4v) is 3.66. The van der Waals surface area contributed by atoms with Crippen molar-refractivity contribution < 1.29 is 28.4 Å². The smallest absolute Gasteiger partial charge is 0.481 e. The molecular formula is C18H21BFN3O5S. The number of aliphatic carboxylic acids is 1. The largest absolute Gasteiger partial charge is 0.495 e. The molecule has 11 heteroatoms. The summed E-state index contributed by atoms with van der Waals surface area (Å²) < 4.78 is 26.4. The molecule has 0 radical (unpaired) electrons. The van der Waals surface area contributed by atoms with Gasteiger partial charge in [-0.2, -0.15) is 5.10 Å². The van der Waals surface area contributed by atoms with Gasteiger partial charge >= 0.3 is 13.1 Å². The number of carboxylic acids is 1. The lowest BCUT2D eigenvalue weighted by Crippen LogP contribution is -2.41. The summed E-state index contributed by atoms with van der Waals surface area (Å²) in [7, 11) is -0.773. The third kappa shape index (κ3) is 4.52. The van der Waals surface area contributed by atoms with E-state index < -0.39 is 41.3 Å². The van der Waals surface area contributed by atoms with Crippen molar-refractivity contribution in [2.45, 2.75) is 50.6 Å². The molecule has 29 heavy (non-hydrogen) atoms. The van der Waals surface area contributed by atoms with Crippen LogP contribution in [0.4, 0.5) is 4.39 Å². The van der Waals surface area contributed by atoms with Gasteiger partial charge < -0.3 is 19.7 Å². The molecule has 0 saturated carbocycles. The van der Waals surface area contributed by atoms with Crippen LogP contribution in [0.25, 0.3) is 0 Å². The lowest BCUT2D eigenvalue weighted by atomic mass is 9.76. The minimum absolute atomic E-state index is 0.158. The van der Waals surface area contributed by atoms with Crippen molar-refractivity contribution in [3.05, 3.63) is 29.6 Å². The molecule has 1 atom stereocenters. The van der Waals surface area contributed by atoms with Gasteiger partial charge in [0.1, 0.15) is 11.1 Å². The Balaban J connectivity index is 1.80. The first-order valence-electron chi connectivity index (χ1n) is 8.94. The van der Waals surface area contributed by atoms with Crippen LogP contribution in [-0.4, -0.2) is 51.9 Å². The number of carboxylic acid groups (broad SMARTS) is 1. The zero-order chi connectivity index (χ0) is 21.4. The minimum atomic E-state index is -1.08. The second kappa shape index (κ2) is 7.89. The van der Waals surface area contributed by atoms with E-state index >= 15 is 0 Å². The fraction of sp³-hybridized carbons (Fsp3) is 0.444. The molecule has 3 rings (SSSR count). The van der Waals surface area contributed by atoms with E-state index in [1.807, 2.05) is 27.7 Å². The van der Waals surface area contributed by atoms with E-state index in [9.17, 15) is 14.0 Å². The number of amides is 1. The summed E-state index contributed by atoms with van der Waals surface area (Å²) in [5.74, 6) is -2.05. The maximum atomic E-state index is 14.5. The van der Waals surface area contributed by atoms with Crippen LogP contribution in [0.2, 0.25) is 0 Å². The van der Waals surface area contributed by atoms with Gasteiger partial charge in [-0.05, 0) is 39.2 Å². The lowest BCUT2D eigenvalue weighted by molar-refractivity contribution is -0.138. The summed E-state index contributed by atoms with van der Waals surface area (Å²) in [6, 6.07) is 4.54. The maximum absolute atomic E-state index is 14.5. The minimum Gasteiger partial charge on any atom is -0.481 e. The molecule has 1 amide bonds. The molecule has 8 nitrogen and oxygen atoms in total. The van der Waals surface area contributed by atoms with Crippen LogP contribution >= 0.6 is 11.8 Å². The maximum Gasteiger partial charge on any atom is 0.495 e. The molecule has 0 spiro atoms. The van der Waals surface area contributed by atoms with E-state index in [1.54, 1.807) is 12.1 Å². The lowest BCUT2D eigenvalue weighted by Gasteiger charge is -2.32. The number of amidine groups is 1. The van der Waals surface area contributed by atoms with Crippen molar-refractivity contribution in [3.8, 4) is 0 Å². The topological polar surface area (TPSA) is 110 Å². The monoisotopic (exact) mass is 421 g/mol. The van der Waals surface area contributed by atoms with Gasteiger partial charge in [-0.15, -0.1) is 5.10 Å². The number of nitrogens with one attached hydrogen (secondary N) is 1. The molecule has 2 saturated heterocycles. The van der Waals surface area contributed by atoms with E-state index in [1.165, 1.54) is 12.3 Å². The summed E-state index contributed by atoms with van der Waals surface area (Å²) >= 11 is 0.967. The highest BCUT2D eigenvalue weighted by Crippen LogP contribution is 2.36. The van der Waals surface area contributed by atoms with Crippen molar-refractivity contribution in [2.24, 2.45) is 10.2 Å². The summed E-state index contributed by atoms with van der Waals surface area (Å²) in [4.78, 5) is 22.5. The van der Waals surface area contributed by atoms with Crippen molar-refractivity contribution in [2.75, 3.05) is 0 Å². The Morgan fingerprint density at radius 2 is 2.00 bits per heavy atom. The third-order valence-corrected chi connectivity index (χ3v) is 6.14. The number of nitrogens with zero attached hydrogens (tertiary/aromatic N) is 2. The normalized spacial score (nSPS) is 24.4. The SMILES string of the molecule is CC1(C)OB(c2cccc(F)c2C=NN=C2NC(=O)C(CC(=O)O)S2)OC1(C)C. The number of carbonyl (C=O) groups is 2. The van der Waals surface area contributed by atoms with Gasteiger partial charge in [0, 0.05) is 5.56 Å². The number of rotatable bonds is 5. The highest BCUT2D eigenvalue weighted by molar-refractivity contribution is 8.15. The predicted molar refractivity (Wildman–Crippen MR) is 109 cm³/mol. The molecule has 2 N–H and O–H groups in total. The Bertz CT molecular complexity index is 889. The molecule has 2 heterocycles. The van der Waals surface area contributed by atoms with Crippen molar-refractivity contribution >= 4 is 47.6 Å². The predicted octanol–water partition coefficient (Wildman–Crippen LogP) is 1.52. The van der Waals surface area contributed by atoms with Gasteiger partial charge in [0.2, 0.25) is 5.91 Å². The highest BCUT2D eigenvalue weighted by Gasteiger charge is 2.52. The second-order valence-electron chi connectivity index (χ2n) is 7.67. The standard InChI is InChI=1S/C18H21BFN3O5S/c1-17(2)18(3,4)28-19(27-17)11-6-5-7-12(20)10(11)9-21-23-16-22-15(26)13(29-16)8-14(24)25/h5-7,9,13H,8H2,1-4H3,(H,24,25)(H,22,23,26). The van der Waals surface area contributed by atoms with Crippen molar-refractivity contribution in [3.63, 3.8) is 0 Å². The number of hydrogen-bond acceptors (Lipinski definition) is 7. The van der Waals surface area contributed by atoms with Crippen LogP contribution in [-0.2, 0) is 18.9 Å². The van der Waals surface area contributed by atoms with Crippen LogP contribution in [0.3, 0.4) is 0 Å². The zero-order valence-electron chi connectivity index (χ0n) is 16.4. The van der Waals surface area contributed by atoms with E-state index in [0.717, 1.165) is 11.8 Å². The molecule has 1 aromatic rings. The van der Waals surface area contributed by atoms with Gasteiger partial charge in [0.15, 0.2) is 5.17 Å². The average molecular weight is 421 g/mol. The Kier molecular flexibility index (Phi) is 5.84. The van der Waals surface area contributed by atoms with E-state index in [-0.39, 0.29) is 17.2 Å². The van der Waals surface area contributed by atoms with Gasteiger partial charge in [-0.25, -0.2) is 4.39 Å². The highest BCUT2D eigenvalue weighted by atomic mass is 32.2. The summed E-state index contributed by atoms with van der Waals surface area (Å²) in [5, 5.41) is 18.4. The Morgan fingerprint density at radius 1 is 1.34 bits per heavy atom. The van der Waals surface area contributed by atoms with Crippen LogP contribution in [0, 0.1) is 5.82 Å². The molecule has 2 fully saturated rings. The van der Waals surface area contributed by atoms with E-state index in [4.69, 9.17) is 14.4 Å². The van der Waals surface area contributed by atoms with E-state index in [0.29, 0.717) is 5.46 Å². The molecule has 1 aromatic carbocycles. The summed E-state index contributed by atoms with van der Waals surface area (Å²) in [5.41, 5.74) is -0.531. The quantitative estimate of drug-likeness (QED) is 0.424. The Labute approximate surface area is 172 Å². The summed E-state index contributed by atoms with van der Waals surface area (Å²) in [6.07, 6.45) is 0.901. The fourth-order valence-electron chi connectivity index (χ4n) is 2.75. The van der Waals surface area contributed by atoms with Crippen LogP contribution < -0.4 is 10.8 Å². The molecule has 0 bridgehead atoms. The van der Waals surface area contributed by atoms with Gasteiger partial charge in [0.25, 0.3) is 0 Å². The Hall–Kier alpha value is -2.24. The number of benzene rings is 1. The molecule has 2 aliphatic heterocycles. The van der Waals surface area contributed by atoms with Crippen molar-refractivity contribution in [1.29, 1.82) is 0 Å². The molecule has 2 aliphatic rings.